The topological polar surface area (TPSA) is 66.5 Å². The van der Waals surface area contributed by atoms with Crippen molar-refractivity contribution in [2.24, 2.45) is 0 Å². The van der Waals surface area contributed by atoms with E-state index in [4.69, 9.17) is 0 Å². The minimum absolute atomic E-state index is 0.0243. The SMILES string of the molecule is CCN(CC)C(=O)[C@@H]([C@H](NS(=O)(=O)c1ccc(C)cc1)c1ccccc1)[S+](C)C. The van der Waals surface area contributed by atoms with Gasteiger partial charge in [-0.05, 0) is 49.4 Å². The first-order valence-corrected chi connectivity index (χ1v) is 13.3. The number of sulfonamides is 1. The molecule has 0 saturated heterocycles. The summed E-state index contributed by atoms with van der Waals surface area (Å²) in [4.78, 5) is 15.3. The van der Waals surface area contributed by atoms with Gasteiger partial charge in [-0.25, -0.2) is 8.42 Å². The van der Waals surface area contributed by atoms with E-state index in [0.29, 0.717) is 13.1 Å². The lowest BCUT2D eigenvalue weighted by molar-refractivity contribution is -0.130. The zero-order valence-electron chi connectivity index (χ0n) is 17.8. The second-order valence-electron chi connectivity index (χ2n) is 7.13. The van der Waals surface area contributed by atoms with Crippen LogP contribution in [0.5, 0.6) is 0 Å². The summed E-state index contributed by atoms with van der Waals surface area (Å²) in [6, 6.07) is 15.5. The maximum atomic E-state index is 13.3. The van der Waals surface area contributed by atoms with Crippen LogP contribution in [-0.4, -0.2) is 50.1 Å². The van der Waals surface area contributed by atoms with Gasteiger partial charge in [-0.3, -0.25) is 4.79 Å². The third-order valence-corrected chi connectivity index (χ3v) is 7.85. The molecular weight excluding hydrogens is 404 g/mol. The third kappa shape index (κ3) is 5.84. The quantitative estimate of drug-likeness (QED) is 0.616. The molecule has 2 aromatic carbocycles. The highest BCUT2D eigenvalue weighted by Crippen LogP contribution is 2.27. The number of hydrogen-bond donors (Lipinski definition) is 1. The van der Waals surface area contributed by atoms with E-state index in [2.05, 4.69) is 4.72 Å². The highest BCUT2D eigenvalue weighted by atomic mass is 32.2. The summed E-state index contributed by atoms with van der Waals surface area (Å²) in [5, 5.41) is -0.488. The number of hydrogen-bond acceptors (Lipinski definition) is 3. The van der Waals surface area contributed by atoms with Crippen LogP contribution >= 0.6 is 0 Å². The van der Waals surface area contributed by atoms with Crippen molar-refractivity contribution in [2.75, 3.05) is 25.6 Å². The molecule has 7 heteroatoms. The Morgan fingerprint density at radius 1 is 1.00 bits per heavy atom. The van der Waals surface area contributed by atoms with E-state index in [0.717, 1.165) is 11.1 Å². The number of rotatable bonds is 9. The Hall–Kier alpha value is -1.83. The molecular formula is C22H31N2O3S2+. The summed E-state index contributed by atoms with van der Waals surface area (Å²) in [6.07, 6.45) is 3.98. The molecule has 1 N–H and O–H groups in total. The molecule has 1 amide bonds. The molecule has 0 unspecified atom stereocenters. The molecule has 0 bridgehead atoms. The van der Waals surface area contributed by atoms with Crippen molar-refractivity contribution in [1.29, 1.82) is 0 Å². The fourth-order valence-corrected chi connectivity index (χ4v) is 5.89. The predicted molar refractivity (Wildman–Crippen MR) is 122 cm³/mol. The fourth-order valence-electron chi connectivity index (χ4n) is 3.25. The van der Waals surface area contributed by atoms with Gasteiger partial charge in [-0.2, -0.15) is 4.72 Å². The van der Waals surface area contributed by atoms with Crippen LogP contribution in [0.25, 0.3) is 0 Å². The minimum atomic E-state index is -3.79. The molecule has 29 heavy (non-hydrogen) atoms. The van der Waals surface area contributed by atoms with E-state index in [1.165, 1.54) is 0 Å². The van der Waals surface area contributed by atoms with Gasteiger partial charge in [0, 0.05) is 13.1 Å². The molecule has 5 nitrogen and oxygen atoms in total. The Labute approximate surface area is 177 Å². The van der Waals surface area contributed by atoms with Gasteiger partial charge < -0.3 is 4.90 Å². The lowest BCUT2D eigenvalue weighted by atomic mass is 10.0. The summed E-state index contributed by atoms with van der Waals surface area (Å²) < 4.78 is 29.1. The molecule has 158 valence electrons. The van der Waals surface area contributed by atoms with Crippen LogP contribution in [0, 0.1) is 6.92 Å². The number of amides is 1. The average molecular weight is 436 g/mol. The highest BCUT2D eigenvalue weighted by Gasteiger charge is 2.43. The first-order valence-electron chi connectivity index (χ1n) is 9.70. The van der Waals surface area contributed by atoms with Crippen LogP contribution in [0.1, 0.15) is 31.0 Å². The molecule has 0 aromatic heterocycles. The summed E-state index contributed by atoms with van der Waals surface area (Å²) in [5.41, 5.74) is 1.77. The van der Waals surface area contributed by atoms with E-state index < -0.39 is 21.3 Å². The fraction of sp³-hybridized carbons (Fsp3) is 0.409. The molecule has 0 aliphatic carbocycles. The average Bonchev–Trinajstić information content (AvgIpc) is 2.69. The molecule has 2 rings (SSSR count). The Morgan fingerprint density at radius 3 is 2.03 bits per heavy atom. The molecule has 2 aromatic rings. The van der Waals surface area contributed by atoms with E-state index >= 15 is 0 Å². The lowest BCUT2D eigenvalue weighted by Gasteiger charge is -2.29. The highest BCUT2D eigenvalue weighted by molar-refractivity contribution is 7.97. The van der Waals surface area contributed by atoms with Gasteiger partial charge in [0.1, 0.15) is 6.04 Å². The monoisotopic (exact) mass is 435 g/mol. The minimum Gasteiger partial charge on any atom is -0.339 e. The molecule has 0 radical (unpaired) electrons. The number of aryl methyl sites for hydroxylation is 1. The van der Waals surface area contributed by atoms with Gasteiger partial charge in [0.05, 0.1) is 17.4 Å². The number of nitrogens with one attached hydrogen (secondary N) is 1. The van der Waals surface area contributed by atoms with Crippen LogP contribution in [0.4, 0.5) is 0 Å². The molecule has 0 fully saturated rings. The van der Waals surface area contributed by atoms with E-state index in [-0.39, 0.29) is 21.7 Å². The second-order valence-corrected chi connectivity index (χ2v) is 11.1. The standard InChI is InChI=1S/C22H31N2O3S2/c1-6-24(7-2)22(25)21(28(4)5)20(18-11-9-8-10-12-18)23-29(26,27)19-15-13-17(3)14-16-19/h8-16,20-21,23H,6-7H2,1-5H3/q+1/t20-,21-/m1/s1. The molecule has 0 spiro atoms. The van der Waals surface area contributed by atoms with E-state index in [1.54, 1.807) is 29.2 Å². The van der Waals surface area contributed by atoms with Crippen molar-refractivity contribution in [3.8, 4) is 0 Å². The number of benzene rings is 2. The van der Waals surface area contributed by atoms with Gasteiger partial charge >= 0.3 is 0 Å². The van der Waals surface area contributed by atoms with Gasteiger partial charge in [0.15, 0.2) is 0 Å². The Morgan fingerprint density at radius 2 is 1.55 bits per heavy atom. The normalized spacial score (nSPS) is 13.9. The van der Waals surface area contributed by atoms with Crippen LogP contribution in [0.3, 0.4) is 0 Å². The Kier molecular flexibility index (Phi) is 8.31. The first kappa shape index (κ1) is 23.4. The van der Waals surface area contributed by atoms with Gasteiger partial charge in [0.25, 0.3) is 5.91 Å². The maximum absolute atomic E-state index is 13.3. The molecule has 0 heterocycles. The van der Waals surface area contributed by atoms with Crippen molar-refractivity contribution in [2.45, 2.75) is 37.0 Å². The summed E-state index contributed by atoms with van der Waals surface area (Å²) in [6.45, 7) is 6.98. The van der Waals surface area contributed by atoms with Crippen LogP contribution < -0.4 is 4.72 Å². The zero-order valence-corrected chi connectivity index (χ0v) is 19.4. The maximum Gasteiger partial charge on any atom is 0.277 e. The number of carbonyl (C=O) groups is 1. The van der Waals surface area contributed by atoms with Crippen molar-refractivity contribution in [3.63, 3.8) is 0 Å². The zero-order chi connectivity index (χ0) is 21.6. The van der Waals surface area contributed by atoms with Crippen molar-refractivity contribution in [1.82, 2.24) is 9.62 Å². The third-order valence-electron chi connectivity index (χ3n) is 4.90. The van der Waals surface area contributed by atoms with Crippen molar-refractivity contribution >= 4 is 26.8 Å². The van der Waals surface area contributed by atoms with Crippen molar-refractivity contribution in [3.05, 3.63) is 65.7 Å². The predicted octanol–water partition coefficient (Wildman–Crippen LogP) is 3.13. The van der Waals surface area contributed by atoms with E-state index in [9.17, 15) is 13.2 Å². The summed E-state index contributed by atoms with van der Waals surface area (Å²) >= 11 is 0. The van der Waals surface area contributed by atoms with Gasteiger partial charge in [0.2, 0.25) is 15.3 Å². The van der Waals surface area contributed by atoms with Crippen LogP contribution in [0.15, 0.2) is 59.5 Å². The smallest absolute Gasteiger partial charge is 0.277 e. The summed E-state index contributed by atoms with van der Waals surface area (Å²) in [5.74, 6) is -0.0243. The number of nitrogens with zero attached hydrogens (tertiary/aromatic N) is 1. The summed E-state index contributed by atoms with van der Waals surface area (Å²) in [7, 11) is -4.14. The molecule has 0 aliphatic rings. The first-order chi connectivity index (χ1) is 13.7. The van der Waals surface area contributed by atoms with Gasteiger partial charge in [-0.1, -0.05) is 48.0 Å². The second kappa shape index (κ2) is 10.3. The molecule has 2 atom stereocenters. The lowest BCUT2D eigenvalue weighted by Crippen LogP contribution is -2.50. The largest absolute Gasteiger partial charge is 0.339 e. The van der Waals surface area contributed by atoms with Crippen molar-refractivity contribution < 1.29 is 13.2 Å². The van der Waals surface area contributed by atoms with Crippen LogP contribution in [-0.2, 0) is 25.7 Å². The van der Waals surface area contributed by atoms with E-state index in [1.807, 2.05) is 63.6 Å². The molecule has 0 aliphatic heterocycles. The van der Waals surface area contributed by atoms with Gasteiger partial charge in [-0.15, -0.1) is 0 Å². The Bertz CT molecular complexity index is 893. The molecule has 0 saturated carbocycles. The number of carbonyl (C=O) groups excluding carboxylic acids is 1. The Balaban J connectivity index is 2.51. The van der Waals surface area contributed by atoms with Crippen LogP contribution in [0.2, 0.25) is 0 Å².